The van der Waals surface area contributed by atoms with Crippen LogP contribution in [0.4, 0.5) is 5.69 Å². The van der Waals surface area contributed by atoms with E-state index in [1.54, 1.807) is 7.11 Å². The zero-order chi connectivity index (χ0) is 22.1. The Kier molecular flexibility index (Phi) is 9.28. The average Bonchev–Trinajstić information content (AvgIpc) is 3.27. The highest BCUT2D eigenvalue weighted by Crippen LogP contribution is 2.31. The third-order valence-corrected chi connectivity index (χ3v) is 6.33. The average molecular weight is 432 g/mol. The van der Waals surface area contributed by atoms with Crippen LogP contribution in [0.15, 0.2) is 29.3 Å². The summed E-state index contributed by atoms with van der Waals surface area (Å²) in [6, 6.07) is 8.75. The Bertz CT molecular complexity index is 690. The van der Waals surface area contributed by atoms with Gasteiger partial charge in [-0.15, -0.1) is 0 Å². The minimum Gasteiger partial charge on any atom is -0.495 e. The lowest BCUT2D eigenvalue weighted by Crippen LogP contribution is -2.48. The maximum Gasteiger partial charge on any atom is 0.191 e. The molecule has 0 aliphatic carbocycles. The Morgan fingerprint density at radius 2 is 1.97 bits per heavy atom. The zero-order valence-electron chi connectivity index (χ0n) is 19.8. The third-order valence-electron chi connectivity index (χ3n) is 6.33. The Labute approximate surface area is 188 Å². The van der Waals surface area contributed by atoms with E-state index in [1.165, 1.54) is 12.1 Å². The van der Waals surface area contributed by atoms with Crippen molar-refractivity contribution in [3.8, 4) is 5.75 Å². The largest absolute Gasteiger partial charge is 0.495 e. The highest BCUT2D eigenvalue weighted by Gasteiger charge is 2.26. The standard InChI is InChI=1S/C24H41N5O2/c1-5-25-24(27-17-22(19(2)3)28-12-14-31-15-13-28)26-16-20-10-11-29(18-20)21-8-6-7-9-23(21)30-4/h6-9,19-20,22H,5,10-18H2,1-4H3,(H2,25,26,27). The van der Waals surface area contributed by atoms with Gasteiger partial charge in [0.1, 0.15) is 5.75 Å². The lowest BCUT2D eigenvalue weighted by molar-refractivity contribution is 0.00867. The molecule has 7 heteroatoms. The first kappa shape index (κ1) is 23.7. The molecule has 2 saturated heterocycles. The van der Waals surface area contributed by atoms with Crippen molar-refractivity contribution in [3.05, 3.63) is 24.3 Å². The number of hydrogen-bond donors (Lipinski definition) is 2. The highest BCUT2D eigenvalue weighted by molar-refractivity contribution is 5.79. The van der Waals surface area contributed by atoms with Gasteiger partial charge in [-0.2, -0.15) is 0 Å². The molecule has 7 nitrogen and oxygen atoms in total. The number of guanidine groups is 1. The summed E-state index contributed by atoms with van der Waals surface area (Å²) >= 11 is 0. The van der Waals surface area contributed by atoms with Crippen LogP contribution in [0, 0.1) is 11.8 Å². The van der Waals surface area contributed by atoms with E-state index >= 15 is 0 Å². The number of methoxy groups -OCH3 is 1. The summed E-state index contributed by atoms with van der Waals surface area (Å²) in [7, 11) is 1.74. The van der Waals surface area contributed by atoms with Crippen molar-refractivity contribution in [1.82, 2.24) is 15.5 Å². The minimum absolute atomic E-state index is 0.451. The van der Waals surface area contributed by atoms with E-state index in [1.807, 2.05) is 12.1 Å². The van der Waals surface area contributed by atoms with Crippen molar-refractivity contribution in [3.63, 3.8) is 0 Å². The first-order valence-electron chi connectivity index (χ1n) is 11.8. The molecule has 174 valence electrons. The molecule has 0 aromatic heterocycles. The van der Waals surface area contributed by atoms with Crippen LogP contribution in [-0.4, -0.2) is 83.0 Å². The highest BCUT2D eigenvalue weighted by atomic mass is 16.5. The second-order valence-electron chi connectivity index (χ2n) is 8.83. The second kappa shape index (κ2) is 12.2. The number of para-hydroxylation sites is 2. The van der Waals surface area contributed by atoms with E-state index in [-0.39, 0.29) is 0 Å². The SMILES string of the molecule is CCNC(=NCC(C(C)C)N1CCOCC1)NCC1CCN(c2ccccc2OC)C1. The molecule has 2 aliphatic heterocycles. The van der Waals surface area contributed by atoms with Gasteiger partial charge in [0.15, 0.2) is 5.96 Å². The van der Waals surface area contributed by atoms with Gasteiger partial charge in [-0.1, -0.05) is 26.0 Å². The molecule has 2 atom stereocenters. The summed E-state index contributed by atoms with van der Waals surface area (Å²) in [5.74, 6) is 3.04. The number of hydrogen-bond acceptors (Lipinski definition) is 5. The van der Waals surface area contributed by atoms with Crippen LogP contribution < -0.4 is 20.3 Å². The first-order valence-corrected chi connectivity index (χ1v) is 11.8. The molecular formula is C24H41N5O2. The molecule has 0 bridgehead atoms. The van der Waals surface area contributed by atoms with Crippen LogP contribution in [0.25, 0.3) is 0 Å². The molecule has 2 fully saturated rings. The molecular weight excluding hydrogens is 390 g/mol. The van der Waals surface area contributed by atoms with Gasteiger partial charge in [-0.3, -0.25) is 9.89 Å². The molecule has 2 unspecified atom stereocenters. The van der Waals surface area contributed by atoms with E-state index in [0.717, 1.165) is 70.7 Å². The molecule has 2 N–H and O–H groups in total. The number of aliphatic imine (C=N–C) groups is 1. The topological polar surface area (TPSA) is 61.4 Å². The number of morpholine rings is 1. The maximum atomic E-state index is 5.55. The smallest absolute Gasteiger partial charge is 0.191 e. The number of ether oxygens (including phenoxy) is 2. The first-order chi connectivity index (χ1) is 15.1. The summed E-state index contributed by atoms with van der Waals surface area (Å²) < 4.78 is 11.1. The Morgan fingerprint density at radius 1 is 1.19 bits per heavy atom. The number of benzene rings is 1. The number of rotatable bonds is 9. The van der Waals surface area contributed by atoms with Crippen LogP contribution >= 0.6 is 0 Å². The van der Waals surface area contributed by atoms with Crippen LogP contribution in [0.3, 0.4) is 0 Å². The van der Waals surface area contributed by atoms with E-state index in [4.69, 9.17) is 14.5 Å². The number of nitrogens with one attached hydrogen (secondary N) is 2. The van der Waals surface area contributed by atoms with E-state index in [2.05, 4.69) is 53.3 Å². The van der Waals surface area contributed by atoms with Crippen molar-refractivity contribution in [2.75, 3.05) is 71.0 Å². The van der Waals surface area contributed by atoms with Crippen molar-refractivity contribution < 1.29 is 9.47 Å². The molecule has 0 amide bonds. The second-order valence-corrected chi connectivity index (χ2v) is 8.83. The predicted molar refractivity (Wildman–Crippen MR) is 128 cm³/mol. The summed E-state index contributed by atoms with van der Waals surface area (Å²) in [5, 5.41) is 7.03. The van der Waals surface area contributed by atoms with Gasteiger partial charge in [-0.05, 0) is 37.3 Å². The normalized spacial score (nSPS) is 21.4. The predicted octanol–water partition coefficient (Wildman–Crippen LogP) is 2.43. The summed E-state index contributed by atoms with van der Waals surface area (Å²) in [5.41, 5.74) is 1.19. The van der Waals surface area contributed by atoms with Crippen LogP contribution in [0.1, 0.15) is 27.2 Å². The van der Waals surface area contributed by atoms with Gasteiger partial charge in [-0.25, -0.2) is 0 Å². The fraction of sp³-hybridized carbons (Fsp3) is 0.708. The van der Waals surface area contributed by atoms with E-state index in [9.17, 15) is 0 Å². The van der Waals surface area contributed by atoms with Crippen LogP contribution in [-0.2, 0) is 4.74 Å². The summed E-state index contributed by atoms with van der Waals surface area (Å²) in [4.78, 5) is 9.92. The van der Waals surface area contributed by atoms with Crippen molar-refractivity contribution in [2.45, 2.75) is 33.2 Å². The van der Waals surface area contributed by atoms with E-state index < -0.39 is 0 Å². The maximum absolute atomic E-state index is 5.55. The Morgan fingerprint density at radius 3 is 2.68 bits per heavy atom. The molecule has 2 aliphatic rings. The fourth-order valence-corrected chi connectivity index (χ4v) is 4.53. The minimum atomic E-state index is 0.451. The van der Waals surface area contributed by atoms with Gasteiger partial charge in [0.05, 0.1) is 32.6 Å². The van der Waals surface area contributed by atoms with E-state index in [0.29, 0.717) is 17.9 Å². The molecule has 0 spiro atoms. The molecule has 31 heavy (non-hydrogen) atoms. The molecule has 3 rings (SSSR count). The number of anilines is 1. The Balaban J connectivity index is 1.54. The molecule has 0 radical (unpaired) electrons. The Hall–Kier alpha value is -1.99. The van der Waals surface area contributed by atoms with Gasteiger partial charge < -0.3 is 25.0 Å². The monoisotopic (exact) mass is 431 g/mol. The molecule has 2 heterocycles. The van der Waals surface area contributed by atoms with Crippen LogP contribution in [0.2, 0.25) is 0 Å². The van der Waals surface area contributed by atoms with Crippen molar-refractivity contribution >= 4 is 11.6 Å². The fourth-order valence-electron chi connectivity index (χ4n) is 4.53. The molecule has 1 aromatic rings. The van der Waals surface area contributed by atoms with Gasteiger partial charge in [0, 0.05) is 45.3 Å². The zero-order valence-corrected chi connectivity index (χ0v) is 19.8. The lowest BCUT2D eigenvalue weighted by atomic mass is 10.0. The van der Waals surface area contributed by atoms with Crippen molar-refractivity contribution in [2.24, 2.45) is 16.8 Å². The van der Waals surface area contributed by atoms with Crippen LogP contribution in [0.5, 0.6) is 5.75 Å². The van der Waals surface area contributed by atoms with Gasteiger partial charge in [0.2, 0.25) is 0 Å². The summed E-state index contributed by atoms with van der Waals surface area (Å²) in [6.07, 6.45) is 1.17. The van der Waals surface area contributed by atoms with Crippen molar-refractivity contribution in [1.29, 1.82) is 0 Å². The van der Waals surface area contributed by atoms with Gasteiger partial charge in [0.25, 0.3) is 0 Å². The number of nitrogens with zero attached hydrogens (tertiary/aromatic N) is 3. The summed E-state index contributed by atoms with van der Waals surface area (Å²) in [6.45, 7) is 15.1. The molecule has 0 saturated carbocycles. The lowest BCUT2D eigenvalue weighted by Gasteiger charge is -2.36. The molecule has 1 aromatic carbocycles. The van der Waals surface area contributed by atoms with Gasteiger partial charge >= 0.3 is 0 Å². The third kappa shape index (κ3) is 6.74. The quantitative estimate of drug-likeness (QED) is 0.463.